The number of aldehydes is 1. The van der Waals surface area contributed by atoms with Gasteiger partial charge < -0.3 is 10.2 Å². The molecule has 7 heteroatoms. The summed E-state index contributed by atoms with van der Waals surface area (Å²) in [6.07, 6.45) is 0.546. The number of benzene rings is 2. The summed E-state index contributed by atoms with van der Waals surface area (Å²) in [7, 11) is 1.59. The highest BCUT2D eigenvalue weighted by atomic mass is 16.6. The number of nitrogens with zero attached hydrogens (tertiary/aromatic N) is 2. The van der Waals surface area contributed by atoms with E-state index in [1.165, 1.54) is 23.1 Å². The predicted molar refractivity (Wildman–Crippen MR) is 96.3 cm³/mol. The van der Waals surface area contributed by atoms with Crippen molar-refractivity contribution in [1.29, 1.82) is 0 Å². The molecule has 0 saturated heterocycles. The number of hydrogen-bond acceptors (Lipinski definition) is 5. The number of carbonyl (C=O) groups excluding carboxylic acids is 2. The monoisotopic (exact) mass is 341 g/mol. The van der Waals surface area contributed by atoms with Gasteiger partial charge in [0.05, 0.1) is 11.5 Å². The van der Waals surface area contributed by atoms with Gasteiger partial charge in [0.2, 0.25) is 5.91 Å². The molecule has 2 aromatic rings. The summed E-state index contributed by atoms with van der Waals surface area (Å²) in [5, 5.41) is 14.1. The largest absolute Gasteiger partial charge is 0.360 e. The lowest BCUT2D eigenvalue weighted by atomic mass is 10.1. The first-order valence-electron chi connectivity index (χ1n) is 7.64. The number of aryl methyl sites for hydroxylation is 2. The Morgan fingerprint density at radius 3 is 2.44 bits per heavy atom. The van der Waals surface area contributed by atoms with Crippen LogP contribution >= 0.6 is 0 Å². The van der Waals surface area contributed by atoms with Crippen LogP contribution in [0, 0.1) is 24.0 Å². The van der Waals surface area contributed by atoms with Gasteiger partial charge in [0.15, 0.2) is 0 Å². The van der Waals surface area contributed by atoms with E-state index in [4.69, 9.17) is 0 Å². The van der Waals surface area contributed by atoms with Crippen LogP contribution in [0.1, 0.15) is 21.5 Å². The number of rotatable bonds is 6. The number of likely N-dealkylation sites (N-methyl/N-ethyl adjacent to an activating group) is 1. The molecule has 2 rings (SSSR count). The number of hydrogen-bond donors (Lipinski definition) is 1. The molecule has 1 N–H and O–H groups in total. The summed E-state index contributed by atoms with van der Waals surface area (Å²) < 4.78 is 0. The SMILES string of the molecule is Cc1cccc(C)c1NC(=O)CN(C)c1ccc(C=O)cc1[N+](=O)[O-]. The minimum atomic E-state index is -0.567. The molecule has 0 saturated carbocycles. The highest BCUT2D eigenvalue weighted by molar-refractivity contribution is 5.95. The van der Waals surface area contributed by atoms with Crippen molar-refractivity contribution in [1.82, 2.24) is 0 Å². The molecule has 0 atom stereocenters. The van der Waals surface area contributed by atoms with Gasteiger partial charge in [-0.25, -0.2) is 0 Å². The third-order valence-corrected chi connectivity index (χ3v) is 3.87. The second kappa shape index (κ2) is 7.57. The molecule has 2 aromatic carbocycles. The maximum atomic E-state index is 12.3. The molecule has 0 aromatic heterocycles. The average Bonchev–Trinajstić information content (AvgIpc) is 2.57. The zero-order valence-electron chi connectivity index (χ0n) is 14.3. The molecule has 0 fully saturated rings. The molecule has 0 bridgehead atoms. The zero-order chi connectivity index (χ0) is 18.6. The Morgan fingerprint density at radius 2 is 1.88 bits per heavy atom. The number of nitro benzene ring substituents is 1. The average molecular weight is 341 g/mol. The third-order valence-electron chi connectivity index (χ3n) is 3.87. The van der Waals surface area contributed by atoms with E-state index in [1.807, 2.05) is 32.0 Å². The van der Waals surface area contributed by atoms with Crippen LogP contribution in [0.15, 0.2) is 36.4 Å². The first-order valence-corrected chi connectivity index (χ1v) is 7.64. The molecule has 0 heterocycles. The Morgan fingerprint density at radius 1 is 1.24 bits per heavy atom. The van der Waals surface area contributed by atoms with Crippen LogP contribution in [0.5, 0.6) is 0 Å². The molecule has 130 valence electrons. The molecule has 25 heavy (non-hydrogen) atoms. The highest BCUT2D eigenvalue weighted by Gasteiger charge is 2.20. The molecule has 1 amide bonds. The van der Waals surface area contributed by atoms with Crippen molar-refractivity contribution < 1.29 is 14.5 Å². The van der Waals surface area contributed by atoms with Crippen LogP contribution < -0.4 is 10.2 Å². The minimum absolute atomic E-state index is 0.0605. The summed E-state index contributed by atoms with van der Waals surface area (Å²) in [5.74, 6) is -0.284. The second-order valence-electron chi connectivity index (χ2n) is 5.79. The number of anilines is 2. The number of nitro groups is 1. The molecule has 0 aliphatic carbocycles. The van der Waals surface area contributed by atoms with Crippen molar-refractivity contribution in [3.63, 3.8) is 0 Å². The number of amides is 1. The van der Waals surface area contributed by atoms with Gasteiger partial charge in [-0.3, -0.25) is 19.7 Å². The van der Waals surface area contributed by atoms with E-state index in [1.54, 1.807) is 7.05 Å². The number of nitrogens with one attached hydrogen (secondary N) is 1. The Bertz CT molecular complexity index is 813. The second-order valence-corrected chi connectivity index (χ2v) is 5.79. The van der Waals surface area contributed by atoms with Crippen molar-refractivity contribution in [2.45, 2.75) is 13.8 Å². The molecule has 7 nitrogen and oxygen atoms in total. The van der Waals surface area contributed by atoms with Crippen molar-refractivity contribution >= 4 is 29.3 Å². The van der Waals surface area contributed by atoms with Crippen LogP contribution in [-0.2, 0) is 4.79 Å². The van der Waals surface area contributed by atoms with E-state index >= 15 is 0 Å². The fourth-order valence-corrected chi connectivity index (χ4v) is 2.57. The Labute approximate surface area is 145 Å². The Kier molecular flexibility index (Phi) is 5.49. The number of para-hydroxylation sites is 1. The normalized spacial score (nSPS) is 10.2. The predicted octanol–water partition coefficient (Wildman–Crippen LogP) is 3.10. The fraction of sp³-hybridized carbons (Fsp3) is 0.222. The van der Waals surface area contributed by atoms with E-state index in [0.29, 0.717) is 6.29 Å². The Hall–Kier alpha value is -3.22. The van der Waals surface area contributed by atoms with Gasteiger partial charge in [0, 0.05) is 24.4 Å². The van der Waals surface area contributed by atoms with Crippen LogP contribution in [0.25, 0.3) is 0 Å². The lowest BCUT2D eigenvalue weighted by Gasteiger charge is -2.20. The molecule has 0 aliphatic rings. The van der Waals surface area contributed by atoms with E-state index in [2.05, 4.69) is 5.32 Å². The summed E-state index contributed by atoms with van der Waals surface area (Å²) in [4.78, 5) is 35.3. The minimum Gasteiger partial charge on any atom is -0.360 e. The van der Waals surface area contributed by atoms with Gasteiger partial charge in [0.25, 0.3) is 5.69 Å². The smallest absolute Gasteiger partial charge is 0.293 e. The first kappa shape index (κ1) is 18.1. The standard InChI is InChI=1S/C18H19N3O4/c1-12-5-4-6-13(2)18(12)19-17(23)10-20(3)15-8-7-14(11-22)9-16(15)21(24)25/h4-9,11H,10H2,1-3H3,(H,19,23). The van der Waals surface area contributed by atoms with Crippen LogP contribution in [0.3, 0.4) is 0 Å². The first-order chi connectivity index (χ1) is 11.8. The molecule has 0 spiro atoms. The van der Waals surface area contributed by atoms with Gasteiger partial charge in [-0.05, 0) is 37.1 Å². The molecule has 0 aliphatic heterocycles. The van der Waals surface area contributed by atoms with Gasteiger partial charge in [-0.15, -0.1) is 0 Å². The van der Waals surface area contributed by atoms with E-state index in [0.717, 1.165) is 16.8 Å². The maximum Gasteiger partial charge on any atom is 0.293 e. The molecular formula is C18H19N3O4. The number of carbonyl (C=O) groups is 2. The molecular weight excluding hydrogens is 322 g/mol. The zero-order valence-corrected chi connectivity index (χ0v) is 14.3. The van der Waals surface area contributed by atoms with Gasteiger partial charge in [-0.2, -0.15) is 0 Å². The summed E-state index contributed by atoms with van der Waals surface area (Å²) in [5.41, 5.74) is 2.89. The summed E-state index contributed by atoms with van der Waals surface area (Å²) in [6, 6.07) is 9.85. The van der Waals surface area contributed by atoms with E-state index in [-0.39, 0.29) is 29.4 Å². The molecule has 0 radical (unpaired) electrons. The van der Waals surface area contributed by atoms with Crippen LogP contribution in [0.2, 0.25) is 0 Å². The quantitative estimate of drug-likeness (QED) is 0.495. The van der Waals surface area contributed by atoms with E-state index in [9.17, 15) is 19.7 Å². The third kappa shape index (κ3) is 4.20. The lowest BCUT2D eigenvalue weighted by molar-refractivity contribution is -0.384. The van der Waals surface area contributed by atoms with Crippen molar-refractivity contribution in [3.05, 3.63) is 63.2 Å². The van der Waals surface area contributed by atoms with Crippen LogP contribution in [0.4, 0.5) is 17.1 Å². The van der Waals surface area contributed by atoms with Crippen molar-refractivity contribution in [2.24, 2.45) is 0 Å². The fourth-order valence-electron chi connectivity index (χ4n) is 2.57. The highest BCUT2D eigenvalue weighted by Crippen LogP contribution is 2.28. The summed E-state index contributed by atoms with van der Waals surface area (Å²) in [6.45, 7) is 3.74. The topological polar surface area (TPSA) is 92.6 Å². The van der Waals surface area contributed by atoms with Crippen LogP contribution in [-0.4, -0.2) is 30.7 Å². The maximum absolute atomic E-state index is 12.3. The van der Waals surface area contributed by atoms with E-state index < -0.39 is 4.92 Å². The van der Waals surface area contributed by atoms with Gasteiger partial charge in [-0.1, -0.05) is 18.2 Å². The summed E-state index contributed by atoms with van der Waals surface area (Å²) >= 11 is 0. The van der Waals surface area contributed by atoms with Crippen molar-refractivity contribution in [2.75, 3.05) is 23.8 Å². The lowest BCUT2D eigenvalue weighted by Crippen LogP contribution is -2.31. The van der Waals surface area contributed by atoms with Gasteiger partial charge >= 0.3 is 0 Å². The molecule has 0 unspecified atom stereocenters. The van der Waals surface area contributed by atoms with Gasteiger partial charge in [0.1, 0.15) is 12.0 Å². The van der Waals surface area contributed by atoms with Crippen molar-refractivity contribution in [3.8, 4) is 0 Å². The Balaban J connectivity index is 2.19.